The minimum atomic E-state index is -0.633. The molecular formula is C15H26N2O2. The summed E-state index contributed by atoms with van der Waals surface area (Å²) in [6.07, 6.45) is 4.03. The van der Waals surface area contributed by atoms with Crippen molar-refractivity contribution in [2.45, 2.75) is 52.9 Å². The molecule has 0 aromatic heterocycles. The highest BCUT2D eigenvalue weighted by Gasteiger charge is 2.40. The van der Waals surface area contributed by atoms with E-state index in [2.05, 4.69) is 11.0 Å². The zero-order valence-electron chi connectivity index (χ0n) is 12.4. The number of nitrogens with zero attached hydrogens (tertiary/aromatic N) is 2. The monoisotopic (exact) mass is 266 g/mol. The third kappa shape index (κ3) is 4.21. The minimum absolute atomic E-state index is 0.287. The van der Waals surface area contributed by atoms with Crippen LogP contribution in [0.5, 0.6) is 0 Å². The smallest absolute Gasteiger partial charge is 0.309 e. The van der Waals surface area contributed by atoms with Gasteiger partial charge in [0, 0.05) is 0 Å². The van der Waals surface area contributed by atoms with Crippen LogP contribution in [-0.4, -0.2) is 35.6 Å². The van der Waals surface area contributed by atoms with E-state index in [1.165, 1.54) is 0 Å². The number of carbonyl (C=O) groups is 1. The first-order valence-corrected chi connectivity index (χ1v) is 7.22. The zero-order chi connectivity index (χ0) is 14.5. The van der Waals surface area contributed by atoms with Crippen LogP contribution in [0.15, 0.2) is 0 Å². The molecule has 1 aliphatic heterocycles. The van der Waals surface area contributed by atoms with Crippen LogP contribution in [0.25, 0.3) is 0 Å². The summed E-state index contributed by atoms with van der Waals surface area (Å²) in [6.45, 7) is 8.53. The zero-order valence-corrected chi connectivity index (χ0v) is 12.4. The molecular weight excluding hydrogens is 240 g/mol. The van der Waals surface area contributed by atoms with Gasteiger partial charge in [-0.05, 0) is 59.2 Å². The molecule has 0 bridgehead atoms. The molecule has 0 unspecified atom stereocenters. The first-order valence-electron chi connectivity index (χ1n) is 7.22. The number of rotatable bonds is 6. The van der Waals surface area contributed by atoms with E-state index < -0.39 is 11.4 Å². The van der Waals surface area contributed by atoms with Crippen LogP contribution in [0, 0.1) is 22.2 Å². The molecule has 1 fully saturated rings. The third-order valence-corrected chi connectivity index (χ3v) is 4.35. The summed E-state index contributed by atoms with van der Waals surface area (Å²) < 4.78 is 0. The Hall–Kier alpha value is -1.08. The maximum Gasteiger partial charge on any atom is 0.309 e. The van der Waals surface area contributed by atoms with E-state index in [9.17, 15) is 9.90 Å². The Labute approximate surface area is 116 Å². The van der Waals surface area contributed by atoms with Crippen molar-refractivity contribution in [3.63, 3.8) is 0 Å². The van der Waals surface area contributed by atoms with Crippen LogP contribution < -0.4 is 0 Å². The number of likely N-dealkylation sites (tertiary alicyclic amines) is 1. The Bertz CT molecular complexity index is 350. The van der Waals surface area contributed by atoms with Crippen molar-refractivity contribution in [3.05, 3.63) is 0 Å². The largest absolute Gasteiger partial charge is 0.481 e. The molecule has 108 valence electrons. The second kappa shape index (κ2) is 6.38. The lowest BCUT2D eigenvalue weighted by molar-refractivity contribution is -0.152. The van der Waals surface area contributed by atoms with Gasteiger partial charge in [-0.1, -0.05) is 13.3 Å². The van der Waals surface area contributed by atoms with Crippen LogP contribution in [0.2, 0.25) is 0 Å². The maximum atomic E-state index is 11.5. The summed E-state index contributed by atoms with van der Waals surface area (Å²) in [5.41, 5.74) is -0.791. The fraction of sp³-hybridized carbons (Fsp3) is 0.867. The standard InChI is InChI=1S/C15H26N2O2/c1-4-5-15(13(18)19)7-10-17(11-8-15)9-6-14(2,3)12-16/h4-11H2,1-3H3,(H,18,19). The molecule has 0 saturated carbocycles. The fourth-order valence-electron chi connectivity index (χ4n) is 2.75. The molecule has 0 aromatic carbocycles. The Morgan fingerprint density at radius 3 is 2.42 bits per heavy atom. The van der Waals surface area contributed by atoms with Crippen molar-refractivity contribution in [3.8, 4) is 6.07 Å². The molecule has 0 atom stereocenters. The number of carboxylic acids is 1. The van der Waals surface area contributed by atoms with E-state index in [0.29, 0.717) is 0 Å². The quantitative estimate of drug-likeness (QED) is 0.803. The Balaban J connectivity index is 2.48. The number of nitriles is 1. The van der Waals surface area contributed by atoms with E-state index in [1.807, 2.05) is 20.8 Å². The lowest BCUT2D eigenvalue weighted by atomic mass is 9.75. The van der Waals surface area contributed by atoms with Crippen molar-refractivity contribution in [2.75, 3.05) is 19.6 Å². The summed E-state index contributed by atoms with van der Waals surface area (Å²) in [7, 11) is 0. The van der Waals surface area contributed by atoms with E-state index >= 15 is 0 Å². The molecule has 4 heteroatoms. The van der Waals surface area contributed by atoms with E-state index in [1.54, 1.807) is 0 Å². The number of aliphatic carboxylic acids is 1. The first-order chi connectivity index (χ1) is 8.85. The normalized spacial score (nSPS) is 19.9. The highest BCUT2D eigenvalue weighted by atomic mass is 16.4. The van der Waals surface area contributed by atoms with Crippen LogP contribution in [-0.2, 0) is 4.79 Å². The number of hydrogen-bond donors (Lipinski definition) is 1. The van der Waals surface area contributed by atoms with Gasteiger partial charge in [-0.3, -0.25) is 4.79 Å². The van der Waals surface area contributed by atoms with Gasteiger partial charge in [0.05, 0.1) is 16.9 Å². The van der Waals surface area contributed by atoms with Gasteiger partial charge >= 0.3 is 5.97 Å². The van der Waals surface area contributed by atoms with Crippen LogP contribution >= 0.6 is 0 Å². The fourth-order valence-corrected chi connectivity index (χ4v) is 2.75. The Morgan fingerprint density at radius 1 is 1.42 bits per heavy atom. The van der Waals surface area contributed by atoms with Gasteiger partial charge in [0.15, 0.2) is 0 Å². The minimum Gasteiger partial charge on any atom is -0.481 e. The van der Waals surface area contributed by atoms with Gasteiger partial charge in [0.1, 0.15) is 0 Å². The molecule has 1 saturated heterocycles. The van der Waals surface area contributed by atoms with E-state index in [-0.39, 0.29) is 5.41 Å². The molecule has 0 aliphatic carbocycles. The number of hydrogen-bond acceptors (Lipinski definition) is 3. The predicted octanol–water partition coefficient (Wildman–Crippen LogP) is 2.89. The van der Waals surface area contributed by atoms with Crippen molar-refractivity contribution in [1.82, 2.24) is 4.90 Å². The number of carboxylic acid groups (broad SMARTS) is 1. The molecule has 1 aliphatic rings. The molecule has 0 spiro atoms. The first kappa shape index (κ1) is 16.0. The molecule has 0 amide bonds. The van der Waals surface area contributed by atoms with E-state index in [0.717, 1.165) is 51.7 Å². The Kier molecular flexibility index (Phi) is 5.37. The van der Waals surface area contributed by atoms with Crippen molar-refractivity contribution in [2.24, 2.45) is 10.8 Å². The van der Waals surface area contributed by atoms with Gasteiger partial charge in [-0.2, -0.15) is 5.26 Å². The molecule has 0 radical (unpaired) electrons. The maximum absolute atomic E-state index is 11.5. The topological polar surface area (TPSA) is 64.3 Å². The summed E-state index contributed by atoms with van der Waals surface area (Å²) in [5, 5.41) is 18.4. The molecule has 19 heavy (non-hydrogen) atoms. The SMILES string of the molecule is CCCC1(C(=O)O)CCN(CCC(C)(C)C#N)CC1. The van der Waals surface area contributed by atoms with Crippen molar-refractivity contribution in [1.29, 1.82) is 5.26 Å². The molecule has 0 aromatic rings. The van der Waals surface area contributed by atoms with Crippen LogP contribution in [0.4, 0.5) is 0 Å². The average Bonchev–Trinajstić information content (AvgIpc) is 2.38. The van der Waals surface area contributed by atoms with Gasteiger partial charge in [0.2, 0.25) is 0 Å². The molecule has 4 nitrogen and oxygen atoms in total. The van der Waals surface area contributed by atoms with Crippen LogP contribution in [0.3, 0.4) is 0 Å². The third-order valence-electron chi connectivity index (χ3n) is 4.35. The lowest BCUT2D eigenvalue weighted by Gasteiger charge is -2.39. The predicted molar refractivity (Wildman–Crippen MR) is 74.7 cm³/mol. The Morgan fingerprint density at radius 2 is 2.00 bits per heavy atom. The van der Waals surface area contributed by atoms with Gasteiger partial charge in [-0.15, -0.1) is 0 Å². The summed E-state index contributed by atoms with van der Waals surface area (Å²) in [5.74, 6) is -0.633. The second-order valence-electron chi connectivity index (χ2n) is 6.42. The molecule has 1 heterocycles. The van der Waals surface area contributed by atoms with Gasteiger partial charge in [-0.25, -0.2) is 0 Å². The highest BCUT2D eigenvalue weighted by molar-refractivity contribution is 5.74. The van der Waals surface area contributed by atoms with Crippen molar-refractivity contribution >= 4 is 5.97 Å². The summed E-state index contributed by atoms with van der Waals surface area (Å²) in [4.78, 5) is 13.8. The second-order valence-corrected chi connectivity index (χ2v) is 6.42. The lowest BCUT2D eigenvalue weighted by Crippen LogP contribution is -2.45. The molecule has 1 N–H and O–H groups in total. The van der Waals surface area contributed by atoms with Gasteiger partial charge < -0.3 is 10.0 Å². The van der Waals surface area contributed by atoms with Crippen LogP contribution in [0.1, 0.15) is 52.9 Å². The average molecular weight is 266 g/mol. The summed E-state index contributed by atoms with van der Waals surface area (Å²) in [6, 6.07) is 2.31. The van der Waals surface area contributed by atoms with Gasteiger partial charge in [0.25, 0.3) is 0 Å². The summed E-state index contributed by atoms with van der Waals surface area (Å²) >= 11 is 0. The molecule has 1 rings (SSSR count). The highest BCUT2D eigenvalue weighted by Crippen LogP contribution is 2.36. The van der Waals surface area contributed by atoms with Crippen molar-refractivity contribution < 1.29 is 9.90 Å². The number of piperidine rings is 1. The van der Waals surface area contributed by atoms with E-state index in [4.69, 9.17) is 5.26 Å².